The Labute approximate surface area is 207 Å². The molecule has 1 aromatic rings. The van der Waals surface area contributed by atoms with E-state index in [9.17, 15) is 14.7 Å². The molecule has 0 radical (unpaired) electrons. The first-order chi connectivity index (χ1) is 17.0. The second kappa shape index (κ2) is 12.2. The Morgan fingerprint density at radius 1 is 1.17 bits per heavy atom. The molecule has 0 bridgehead atoms. The van der Waals surface area contributed by atoms with E-state index in [2.05, 4.69) is 17.9 Å². The third-order valence-electron chi connectivity index (χ3n) is 7.44. The molecule has 1 aromatic carbocycles. The number of likely N-dealkylation sites (tertiary alicyclic amines) is 1. The summed E-state index contributed by atoms with van der Waals surface area (Å²) in [7, 11) is 0. The lowest BCUT2D eigenvalue weighted by Gasteiger charge is -2.30. The summed E-state index contributed by atoms with van der Waals surface area (Å²) in [5.74, 6) is -0.770. The maximum absolute atomic E-state index is 13.3. The molecule has 0 spiro atoms. The quantitative estimate of drug-likeness (QED) is 0.457. The van der Waals surface area contributed by atoms with E-state index in [0.29, 0.717) is 58.8 Å². The molecule has 9 heteroatoms. The Morgan fingerprint density at radius 2 is 1.97 bits per heavy atom. The minimum absolute atomic E-state index is 0.00871. The van der Waals surface area contributed by atoms with Crippen LogP contribution in [-0.2, 0) is 25.5 Å². The summed E-state index contributed by atoms with van der Waals surface area (Å²) in [5, 5.41) is 10.3. The van der Waals surface area contributed by atoms with E-state index in [-0.39, 0.29) is 30.7 Å². The van der Waals surface area contributed by atoms with E-state index in [0.717, 1.165) is 36.1 Å². The molecule has 194 valence electrons. The monoisotopic (exact) mass is 489 g/mol. The fourth-order valence-electron chi connectivity index (χ4n) is 5.65. The van der Waals surface area contributed by atoms with Gasteiger partial charge in [0.15, 0.2) is 6.29 Å². The second-order valence-electron chi connectivity index (χ2n) is 9.70. The molecular weight excluding hydrogens is 450 g/mol. The van der Waals surface area contributed by atoms with Gasteiger partial charge >= 0.3 is 5.97 Å². The molecule has 3 aliphatic heterocycles. The van der Waals surface area contributed by atoms with Crippen LogP contribution in [0, 0.1) is 5.92 Å². The maximum atomic E-state index is 13.3. The molecule has 3 N–H and O–H groups in total. The van der Waals surface area contributed by atoms with Crippen LogP contribution in [0.1, 0.15) is 49.7 Å². The van der Waals surface area contributed by atoms with Crippen LogP contribution in [0.15, 0.2) is 18.2 Å². The number of amides is 1. The number of carboxylic acids is 1. The molecule has 4 rings (SSSR count). The van der Waals surface area contributed by atoms with Crippen molar-refractivity contribution in [3.8, 4) is 5.75 Å². The summed E-state index contributed by atoms with van der Waals surface area (Å²) in [6, 6.07) is 5.74. The standard InChI is InChI=1S/C26H39N3O6/c1-2-3-10-28(11-9-27)23(30)17-29-16-20(18-4-6-22-19(15-18)8-12-33-22)25(26(31)32)21(29)5-7-24-34-13-14-35-24/h4,6,15,20-21,24-25H,2-3,5,7-14,16-17,27H2,1H3,(H,31,32). The summed E-state index contributed by atoms with van der Waals surface area (Å²) in [4.78, 5) is 29.8. The molecule has 1 amide bonds. The van der Waals surface area contributed by atoms with Crippen LogP contribution < -0.4 is 10.5 Å². The number of hydrogen-bond acceptors (Lipinski definition) is 7. The highest BCUT2D eigenvalue weighted by atomic mass is 16.7. The second-order valence-corrected chi connectivity index (χ2v) is 9.70. The lowest BCUT2D eigenvalue weighted by molar-refractivity contribution is -0.144. The summed E-state index contributed by atoms with van der Waals surface area (Å²) < 4.78 is 16.9. The largest absolute Gasteiger partial charge is 0.493 e. The summed E-state index contributed by atoms with van der Waals surface area (Å²) >= 11 is 0. The number of hydrogen-bond donors (Lipinski definition) is 2. The van der Waals surface area contributed by atoms with E-state index in [4.69, 9.17) is 19.9 Å². The van der Waals surface area contributed by atoms with E-state index in [1.807, 2.05) is 17.0 Å². The van der Waals surface area contributed by atoms with Crippen molar-refractivity contribution in [2.24, 2.45) is 11.7 Å². The molecule has 0 saturated carbocycles. The van der Waals surface area contributed by atoms with Gasteiger partial charge in [-0.3, -0.25) is 14.5 Å². The zero-order chi connectivity index (χ0) is 24.8. The zero-order valence-corrected chi connectivity index (χ0v) is 20.7. The minimum Gasteiger partial charge on any atom is -0.493 e. The molecular formula is C26H39N3O6. The third kappa shape index (κ3) is 6.14. The van der Waals surface area contributed by atoms with Gasteiger partial charge in [-0.05, 0) is 36.5 Å². The van der Waals surface area contributed by atoms with Gasteiger partial charge in [0.25, 0.3) is 0 Å². The van der Waals surface area contributed by atoms with Crippen molar-refractivity contribution in [2.75, 3.05) is 52.5 Å². The van der Waals surface area contributed by atoms with Gasteiger partial charge in [0.05, 0.1) is 32.3 Å². The Bertz CT molecular complexity index is 875. The molecule has 2 saturated heterocycles. The van der Waals surface area contributed by atoms with Gasteiger partial charge in [-0.2, -0.15) is 0 Å². The molecule has 35 heavy (non-hydrogen) atoms. The van der Waals surface area contributed by atoms with Gasteiger partial charge in [-0.1, -0.05) is 25.5 Å². The van der Waals surface area contributed by atoms with Gasteiger partial charge in [-0.15, -0.1) is 0 Å². The number of carbonyl (C=O) groups is 2. The molecule has 3 aliphatic rings. The van der Waals surface area contributed by atoms with Crippen molar-refractivity contribution >= 4 is 11.9 Å². The van der Waals surface area contributed by atoms with Crippen LogP contribution in [0.3, 0.4) is 0 Å². The average Bonchev–Trinajstić information content (AvgIpc) is 3.59. The highest BCUT2D eigenvalue weighted by molar-refractivity contribution is 5.79. The molecule has 9 nitrogen and oxygen atoms in total. The summed E-state index contributed by atoms with van der Waals surface area (Å²) in [6.07, 6.45) is 3.63. The Balaban J connectivity index is 1.56. The van der Waals surface area contributed by atoms with Crippen molar-refractivity contribution in [1.29, 1.82) is 0 Å². The molecule has 3 atom stereocenters. The summed E-state index contributed by atoms with van der Waals surface area (Å²) in [5.41, 5.74) is 7.90. The number of carbonyl (C=O) groups excluding carboxylic acids is 1. The van der Waals surface area contributed by atoms with E-state index >= 15 is 0 Å². The number of nitrogens with zero attached hydrogens (tertiary/aromatic N) is 2. The van der Waals surface area contributed by atoms with Crippen LogP contribution >= 0.6 is 0 Å². The molecule has 2 fully saturated rings. The summed E-state index contributed by atoms with van der Waals surface area (Å²) in [6.45, 7) is 6.18. The predicted molar refractivity (Wildman–Crippen MR) is 130 cm³/mol. The van der Waals surface area contributed by atoms with E-state index in [1.54, 1.807) is 0 Å². The van der Waals surface area contributed by atoms with E-state index < -0.39 is 11.9 Å². The predicted octanol–water partition coefficient (Wildman–Crippen LogP) is 1.83. The van der Waals surface area contributed by atoms with Crippen molar-refractivity contribution < 1.29 is 28.9 Å². The van der Waals surface area contributed by atoms with Crippen LogP contribution in [0.25, 0.3) is 0 Å². The minimum atomic E-state index is -0.829. The van der Waals surface area contributed by atoms with Crippen molar-refractivity contribution in [3.63, 3.8) is 0 Å². The van der Waals surface area contributed by atoms with Crippen molar-refractivity contribution in [2.45, 2.75) is 57.3 Å². The van der Waals surface area contributed by atoms with Gasteiger partial charge in [0.1, 0.15) is 5.75 Å². The lowest BCUT2D eigenvalue weighted by atomic mass is 9.83. The normalized spacial score (nSPS) is 24.5. The van der Waals surface area contributed by atoms with Crippen LogP contribution in [-0.4, -0.2) is 91.7 Å². The third-order valence-corrected chi connectivity index (χ3v) is 7.44. The van der Waals surface area contributed by atoms with Gasteiger partial charge in [0, 0.05) is 44.6 Å². The van der Waals surface area contributed by atoms with Gasteiger partial charge in [0.2, 0.25) is 5.91 Å². The van der Waals surface area contributed by atoms with Crippen molar-refractivity contribution in [3.05, 3.63) is 29.3 Å². The number of nitrogens with two attached hydrogens (primary N) is 1. The Kier molecular flexibility index (Phi) is 8.99. The number of unbranched alkanes of at least 4 members (excludes halogenated alkanes) is 1. The van der Waals surface area contributed by atoms with Crippen molar-refractivity contribution in [1.82, 2.24) is 9.80 Å². The van der Waals surface area contributed by atoms with Crippen LogP contribution in [0.2, 0.25) is 0 Å². The molecule has 0 aromatic heterocycles. The number of rotatable bonds is 12. The number of ether oxygens (including phenoxy) is 3. The fourth-order valence-corrected chi connectivity index (χ4v) is 5.65. The average molecular weight is 490 g/mol. The molecule has 3 unspecified atom stereocenters. The number of carboxylic acid groups (broad SMARTS) is 1. The SMILES string of the molecule is CCCCN(CCN)C(=O)CN1CC(c2ccc3c(c2)CCO3)C(C(=O)O)C1CCC1OCCO1. The zero-order valence-electron chi connectivity index (χ0n) is 20.7. The Hall–Kier alpha value is -2.20. The van der Waals surface area contributed by atoms with Gasteiger partial charge in [-0.25, -0.2) is 0 Å². The van der Waals surface area contributed by atoms with Gasteiger partial charge < -0.3 is 30.0 Å². The maximum Gasteiger partial charge on any atom is 0.308 e. The molecule has 3 heterocycles. The first-order valence-corrected chi connectivity index (χ1v) is 12.9. The fraction of sp³-hybridized carbons (Fsp3) is 0.692. The molecule has 0 aliphatic carbocycles. The number of aliphatic carboxylic acids is 1. The highest BCUT2D eigenvalue weighted by Gasteiger charge is 2.47. The first-order valence-electron chi connectivity index (χ1n) is 12.9. The van der Waals surface area contributed by atoms with Crippen LogP contribution in [0.5, 0.6) is 5.75 Å². The van der Waals surface area contributed by atoms with Crippen LogP contribution in [0.4, 0.5) is 0 Å². The number of benzene rings is 1. The lowest BCUT2D eigenvalue weighted by Crippen LogP contribution is -2.45. The highest BCUT2D eigenvalue weighted by Crippen LogP contribution is 2.41. The Morgan fingerprint density at radius 3 is 2.69 bits per heavy atom. The smallest absolute Gasteiger partial charge is 0.308 e. The van der Waals surface area contributed by atoms with E-state index in [1.165, 1.54) is 0 Å². The first kappa shape index (κ1) is 25.9. The topological polar surface area (TPSA) is 115 Å². The number of fused-ring (bicyclic) bond motifs is 1.